The van der Waals surface area contributed by atoms with Crippen LogP contribution in [0.5, 0.6) is 5.75 Å². The van der Waals surface area contributed by atoms with Crippen LogP contribution in [-0.2, 0) is 0 Å². The molecule has 0 N–H and O–H groups in total. The van der Waals surface area contributed by atoms with E-state index in [2.05, 4.69) is 5.32 Å². The van der Waals surface area contributed by atoms with Gasteiger partial charge in [-0.25, -0.2) is 5.32 Å². The summed E-state index contributed by atoms with van der Waals surface area (Å²) >= 11 is 0. The topological polar surface area (TPSA) is 43.6 Å². The van der Waals surface area contributed by atoms with Crippen molar-refractivity contribution in [2.45, 2.75) is 0 Å². The second-order valence-electron chi connectivity index (χ2n) is 3.66. The van der Waals surface area contributed by atoms with Crippen LogP contribution in [0.2, 0.25) is 0 Å². The lowest BCUT2D eigenvalue weighted by molar-refractivity contribution is 0.0731. The van der Waals surface area contributed by atoms with E-state index in [0.29, 0.717) is 24.4 Å². The van der Waals surface area contributed by atoms with Crippen LogP contribution < -0.4 is 10.1 Å². The van der Waals surface area contributed by atoms with Crippen molar-refractivity contribution in [2.75, 3.05) is 33.3 Å². The Morgan fingerprint density at radius 1 is 1.31 bits per heavy atom. The molecule has 1 radical (unpaired) electrons. The molecule has 0 bridgehead atoms. The van der Waals surface area contributed by atoms with Crippen molar-refractivity contribution in [1.82, 2.24) is 10.2 Å². The number of ether oxygens (including phenoxy) is 1. The summed E-state index contributed by atoms with van der Waals surface area (Å²) in [5.41, 5.74) is 0.631. The highest BCUT2D eigenvalue weighted by atomic mass is 16.5. The van der Waals surface area contributed by atoms with Crippen LogP contribution in [-0.4, -0.2) is 44.1 Å². The summed E-state index contributed by atoms with van der Waals surface area (Å²) < 4.78 is 5.19. The number of carbonyl (C=O) groups is 1. The fourth-order valence-electron chi connectivity index (χ4n) is 1.80. The third-order valence-electron chi connectivity index (χ3n) is 2.68. The van der Waals surface area contributed by atoms with Gasteiger partial charge in [0.1, 0.15) is 5.75 Å². The summed E-state index contributed by atoms with van der Waals surface area (Å²) in [4.78, 5) is 14.0. The van der Waals surface area contributed by atoms with Gasteiger partial charge in [-0.05, 0) is 12.1 Å². The molecule has 2 rings (SSSR count). The van der Waals surface area contributed by atoms with E-state index in [9.17, 15) is 4.79 Å². The molecule has 0 atom stereocenters. The zero-order chi connectivity index (χ0) is 11.4. The lowest BCUT2D eigenvalue weighted by Crippen LogP contribution is -2.43. The predicted molar refractivity (Wildman–Crippen MR) is 60.8 cm³/mol. The maximum Gasteiger partial charge on any atom is 0.257 e. The van der Waals surface area contributed by atoms with E-state index in [0.717, 1.165) is 13.1 Å². The predicted octanol–water partition coefficient (Wildman–Crippen LogP) is 0.755. The van der Waals surface area contributed by atoms with Crippen molar-refractivity contribution >= 4 is 5.91 Å². The second-order valence-corrected chi connectivity index (χ2v) is 3.66. The van der Waals surface area contributed by atoms with Crippen molar-refractivity contribution in [3.05, 3.63) is 29.8 Å². The number of methoxy groups -OCH3 is 1. The van der Waals surface area contributed by atoms with Crippen molar-refractivity contribution in [1.29, 1.82) is 0 Å². The lowest BCUT2D eigenvalue weighted by Gasteiger charge is -2.27. The van der Waals surface area contributed by atoms with E-state index in [4.69, 9.17) is 4.74 Å². The number of hydrogen-bond donors (Lipinski definition) is 0. The molecule has 1 saturated heterocycles. The van der Waals surface area contributed by atoms with E-state index in [1.54, 1.807) is 13.2 Å². The molecule has 0 unspecified atom stereocenters. The van der Waals surface area contributed by atoms with Gasteiger partial charge in [0.15, 0.2) is 0 Å². The van der Waals surface area contributed by atoms with Crippen LogP contribution in [0.4, 0.5) is 0 Å². The quantitative estimate of drug-likeness (QED) is 0.737. The molecule has 0 saturated carbocycles. The van der Waals surface area contributed by atoms with Crippen molar-refractivity contribution < 1.29 is 9.53 Å². The highest BCUT2D eigenvalue weighted by Gasteiger charge is 2.20. The molecule has 1 aliphatic heterocycles. The average Bonchev–Trinajstić information content (AvgIpc) is 2.39. The molecule has 1 amide bonds. The van der Waals surface area contributed by atoms with Crippen LogP contribution in [0.1, 0.15) is 10.4 Å². The molecular weight excluding hydrogens is 204 g/mol. The summed E-state index contributed by atoms with van der Waals surface area (Å²) in [5, 5.41) is 4.22. The van der Waals surface area contributed by atoms with Crippen molar-refractivity contribution in [2.24, 2.45) is 0 Å². The van der Waals surface area contributed by atoms with Gasteiger partial charge in [0, 0.05) is 26.2 Å². The molecule has 16 heavy (non-hydrogen) atoms. The van der Waals surface area contributed by atoms with Gasteiger partial charge >= 0.3 is 0 Å². The Morgan fingerprint density at radius 3 is 2.69 bits per heavy atom. The Kier molecular flexibility index (Phi) is 3.41. The first-order chi connectivity index (χ1) is 7.83. The Balaban J connectivity index is 2.19. The van der Waals surface area contributed by atoms with Gasteiger partial charge in [-0.3, -0.25) is 4.79 Å². The monoisotopic (exact) mass is 219 g/mol. The van der Waals surface area contributed by atoms with Gasteiger partial charge in [0.2, 0.25) is 0 Å². The second kappa shape index (κ2) is 4.99. The highest BCUT2D eigenvalue weighted by Crippen LogP contribution is 2.19. The van der Waals surface area contributed by atoms with Crippen LogP contribution in [0.25, 0.3) is 0 Å². The van der Waals surface area contributed by atoms with Gasteiger partial charge < -0.3 is 9.64 Å². The fraction of sp³-hybridized carbons (Fsp3) is 0.417. The number of carbonyl (C=O) groups excluding carboxylic acids is 1. The Hall–Kier alpha value is -1.55. The highest BCUT2D eigenvalue weighted by molar-refractivity contribution is 5.97. The largest absolute Gasteiger partial charge is 0.496 e. The van der Waals surface area contributed by atoms with E-state index in [1.807, 2.05) is 23.1 Å². The van der Waals surface area contributed by atoms with E-state index in [-0.39, 0.29) is 5.91 Å². The standard InChI is InChI=1S/C12H15N2O2/c1-16-11-5-3-2-4-10(11)12(15)14-8-6-13-7-9-14/h2-5H,6-9H2,1H3. The number of para-hydroxylation sites is 1. The van der Waals surface area contributed by atoms with Gasteiger partial charge in [-0.15, -0.1) is 0 Å². The SMILES string of the molecule is COc1ccccc1C(=O)N1CC[N]CC1. The van der Waals surface area contributed by atoms with Gasteiger partial charge in [-0.1, -0.05) is 12.1 Å². The summed E-state index contributed by atoms with van der Waals surface area (Å²) in [5.74, 6) is 0.669. The molecular formula is C12H15N2O2. The zero-order valence-corrected chi connectivity index (χ0v) is 9.35. The van der Waals surface area contributed by atoms with E-state index in [1.165, 1.54) is 0 Å². The smallest absolute Gasteiger partial charge is 0.257 e. The summed E-state index contributed by atoms with van der Waals surface area (Å²) in [6.07, 6.45) is 0. The first kappa shape index (κ1) is 11.0. The van der Waals surface area contributed by atoms with Crippen LogP contribution >= 0.6 is 0 Å². The van der Waals surface area contributed by atoms with E-state index < -0.39 is 0 Å². The van der Waals surface area contributed by atoms with Crippen molar-refractivity contribution in [3.63, 3.8) is 0 Å². The third kappa shape index (κ3) is 2.17. The van der Waals surface area contributed by atoms with Gasteiger partial charge in [0.05, 0.1) is 12.7 Å². The molecule has 1 aliphatic rings. The molecule has 4 nitrogen and oxygen atoms in total. The number of hydrogen-bond acceptors (Lipinski definition) is 2. The lowest BCUT2D eigenvalue weighted by atomic mass is 10.1. The average molecular weight is 219 g/mol. The summed E-state index contributed by atoms with van der Waals surface area (Å²) in [6.45, 7) is 2.88. The molecule has 0 aromatic heterocycles. The molecule has 0 aliphatic carbocycles. The Labute approximate surface area is 95.2 Å². The minimum atomic E-state index is 0.0346. The number of amides is 1. The Bertz CT molecular complexity index is 373. The zero-order valence-electron chi connectivity index (χ0n) is 9.35. The van der Waals surface area contributed by atoms with Gasteiger partial charge in [0.25, 0.3) is 5.91 Å². The molecule has 1 heterocycles. The minimum Gasteiger partial charge on any atom is -0.496 e. The number of benzene rings is 1. The molecule has 1 aromatic rings. The number of nitrogens with zero attached hydrogens (tertiary/aromatic N) is 2. The summed E-state index contributed by atoms with van der Waals surface area (Å²) in [7, 11) is 1.58. The molecule has 0 spiro atoms. The van der Waals surface area contributed by atoms with Crippen LogP contribution in [0.3, 0.4) is 0 Å². The number of rotatable bonds is 2. The van der Waals surface area contributed by atoms with Crippen molar-refractivity contribution in [3.8, 4) is 5.75 Å². The fourth-order valence-corrected chi connectivity index (χ4v) is 1.80. The maximum absolute atomic E-state index is 12.2. The summed E-state index contributed by atoms with van der Waals surface area (Å²) in [6, 6.07) is 7.32. The van der Waals surface area contributed by atoms with Gasteiger partial charge in [-0.2, -0.15) is 0 Å². The Morgan fingerprint density at radius 2 is 2.00 bits per heavy atom. The molecule has 1 fully saturated rings. The van der Waals surface area contributed by atoms with E-state index >= 15 is 0 Å². The third-order valence-corrected chi connectivity index (χ3v) is 2.68. The first-order valence-electron chi connectivity index (χ1n) is 5.38. The van der Waals surface area contributed by atoms with Crippen LogP contribution in [0, 0.1) is 0 Å². The molecule has 1 aromatic carbocycles. The van der Waals surface area contributed by atoms with Crippen LogP contribution in [0.15, 0.2) is 24.3 Å². The number of piperazine rings is 1. The molecule has 4 heteroatoms. The first-order valence-corrected chi connectivity index (χ1v) is 5.38. The maximum atomic E-state index is 12.2. The normalized spacial score (nSPS) is 15.9. The molecule has 85 valence electrons. The minimum absolute atomic E-state index is 0.0346.